The number of aromatic nitrogens is 1. The summed E-state index contributed by atoms with van der Waals surface area (Å²) in [4.78, 5) is 25.0. The van der Waals surface area contributed by atoms with Gasteiger partial charge in [-0.2, -0.15) is 4.31 Å². The van der Waals surface area contributed by atoms with E-state index in [0.29, 0.717) is 11.3 Å². The van der Waals surface area contributed by atoms with Gasteiger partial charge in [-0.1, -0.05) is 12.1 Å². The number of amides is 1. The molecule has 4 rings (SSSR count). The number of hydrogen-bond acceptors (Lipinski definition) is 5. The largest absolute Gasteiger partial charge is 0.336 e. The summed E-state index contributed by atoms with van der Waals surface area (Å²) in [5.74, 6) is -0.583. The zero-order chi connectivity index (χ0) is 24.6. The monoisotopic (exact) mass is 486 g/mol. The van der Waals surface area contributed by atoms with Crippen molar-refractivity contribution in [1.29, 1.82) is 0 Å². The lowest BCUT2D eigenvalue weighted by Gasteiger charge is -2.34. The van der Waals surface area contributed by atoms with E-state index < -0.39 is 20.6 Å². The van der Waals surface area contributed by atoms with Gasteiger partial charge in [-0.15, -0.1) is 0 Å². The lowest BCUT2D eigenvalue weighted by atomic mass is 10.2. The van der Waals surface area contributed by atoms with Gasteiger partial charge in [0.15, 0.2) is 4.90 Å². The first-order chi connectivity index (χ1) is 16.1. The molecule has 1 fully saturated rings. The van der Waals surface area contributed by atoms with Gasteiger partial charge in [0.05, 0.1) is 10.5 Å². The number of rotatable bonds is 5. The van der Waals surface area contributed by atoms with Gasteiger partial charge in [-0.3, -0.25) is 14.9 Å². The predicted octanol–water partition coefficient (Wildman–Crippen LogP) is 3.29. The average molecular weight is 487 g/mol. The van der Waals surface area contributed by atoms with Gasteiger partial charge in [-0.25, -0.2) is 12.8 Å². The van der Waals surface area contributed by atoms with Crippen molar-refractivity contribution in [3.05, 3.63) is 87.5 Å². The summed E-state index contributed by atoms with van der Waals surface area (Å²) in [6, 6.07) is 13.0. The van der Waals surface area contributed by atoms with E-state index in [1.54, 1.807) is 30.0 Å². The molecule has 0 atom stereocenters. The Hall–Kier alpha value is -3.57. The SMILES string of the molecule is Cc1cc(C(=O)N2CCN(S(=O)(=O)c3ccccc3[N+](=O)[O-])CC2)c(C)n1-c1ccc(F)cc1. The zero-order valence-corrected chi connectivity index (χ0v) is 19.5. The number of piperazine rings is 1. The highest BCUT2D eigenvalue weighted by atomic mass is 32.2. The van der Waals surface area contributed by atoms with Crippen LogP contribution in [0.15, 0.2) is 59.5 Å². The van der Waals surface area contributed by atoms with Crippen molar-refractivity contribution in [2.75, 3.05) is 26.2 Å². The Balaban J connectivity index is 1.52. The molecule has 1 aliphatic heterocycles. The molecule has 178 valence electrons. The summed E-state index contributed by atoms with van der Waals surface area (Å²) in [5, 5.41) is 11.3. The van der Waals surface area contributed by atoms with E-state index in [2.05, 4.69) is 0 Å². The minimum Gasteiger partial charge on any atom is -0.336 e. The lowest BCUT2D eigenvalue weighted by Crippen LogP contribution is -2.50. The Morgan fingerprint density at radius 1 is 1.00 bits per heavy atom. The van der Waals surface area contributed by atoms with Crippen LogP contribution in [0.25, 0.3) is 5.69 Å². The van der Waals surface area contributed by atoms with Crippen molar-refractivity contribution < 1.29 is 22.5 Å². The molecule has 9 nitrogen and oxygen atoms in total. The number of carbonyl (C=O) groups is 1. The molecule has 1 saturated heterocycles. The van der Waals surface area contributed by atoms with Crippen LogP contribution in [0.4, 0.5) is 10.1 Å². The summed E-state index contributed by atoms with van der Waals surface area (Å²) < 4.78 is 42.4. The second kappa shape index (κ2) is 8.99. The summed E-state index contributed by atoms with van der Waals surface area (Å²) in [6.07, 6.45) is 0. The maximum absolute atomic E-state index is 13.3. The van der Waals surface area contributed by atoms with Gasteiger partial charge in [0.1, 0.15) is 5.82 Å². The van der Waals surface area contributed by atoms with Crippen LogP contribution >= 0.6 is 0 Å². The first kappa shape index (κ1) is 23.6. The summed E-state index contributed by atoms with van der Waals surface area (Å²) in [5.41, 5.74) is 2.25. The Labute approximate surface area is 196 Å². The fraction of sp³-hybridized carbons (Fsp3) is 0.261. The molecule has 11 heteroatoms. The van der Waals surface area contributed by atoms with Crippen molar-refractivity contribution in [2.45, 2.75) is 18.7 Å². The Kier molecular flexibility index (Phi) is 6.24. The maximum Gasteiger partial charge on any atom is 0.289 e. The van der Waals surface area contributed by atoms with Crippen LogP contribution in [-0.4, -0.2) is 59.2 Å². The summed E-state index contributed by atoms with van der Waals surface area (Å²) >= 11 is 0. The molecule has 0 radical (unpaired) electrons. The Morgan fingerprint density at radius 2 is 1.62 bits per heavy atom. The maximum atomic E-state index is 13.3. The molecule has 34 heavy (non-hydrogen) atoms. The van der Waals surface area contributed by atoms with E-state index in [0.717, 1.165) is 17.4 Å². The van der Waals surface area contributed by atoms with E-state index in [1.807, 2.05) is 11.5 Å². The number of halogens is 1. The molecule has 3 aromatic rings. The Morgan fingerprint density at radius 3 is 2.24 bits per heavy atom. The number of nitro groups is 1. The second-order valence-electron chi connectivity index (χ2n) is 8.02. The molecular weight excluding hydrogens is 463 g/mol. The van der Waals surface area contributed by atoms with E-state index in [9.17, 15) is 27.7 Å². The van der Waals surface area contributed by atoms with Crippen LogP contribution in [0.3, 0.4) is 0 Å². The number of para-hydroxylation sites is 1. The van der Waals surface area contributed by atoms with Crippen molar-refractivity contribution in [2.24, 2.45) is 0 Å². The molecule has 2 heterocycles. The third-order valence-corrected chi connectivity index (χ3v) is 7.90. The second-order valence-corrected chi connectivity index (χ2v) is 9.92. The van der Waals surface area contributed by atoms with E-state index in [-0.39, 0.29) is 42.8 Å². The number of benzene rings is 2. The highest BCUT2D eigenvalue weighted by Gasteiger charge is 2.35. The molecule has 0 spiro atoms. The van der Waals surface area contributed by atoms with Crippen molar-refractivity contribution >= 4 is 21.6 Å². The van der Waals surface area contributed by atoms with Gasteiger partial charge in [0.25, 0.3) is 11.6 Å². The predicted molar refractivity (Wildman–Crippen MR) is 123 cm³/mol. The van der Waals surface area contributed by atoms with Gasteiger partial charge >= 0.3 is 0 Å². The normalized spacial score (nSPS) is 14.9. The number of carbonyl (C=O) groups excluding carboxylic acids is 1. The van der Waals surface area contributed by atoms with E-state index >= 15 is 0 Å². The zero-order valence-electron chi connectivity index (χ0n) is 18.6. The first-order valence-electron chi connectivity index (χ1n) is 10.6. The third kappa shape index (κ3) is 4.19. The van der Waals surface area contributed by atoms with Crippen LogP contribution in [0.2, 0.25) is 0 Å². The third-order valence-electron chi connectivity index (χ3n) is 5.95. The van der Waals surface area contributed by atoms with Crippen LogP contribution in [0, 0.1) is 29.8 Å². The highest BCUT2D eigenvalue weighted by molar-refractivity contribution is 7.89. The molecule has 1 aliphatic rings. The van der Waals surface area contributed by atoms with Gasteiger partial charge < -0.3 is 9.47 Å². The molecular formula is C23H23FN4O5S. The van der Waals surface area contributed by atoms with Crippen molar-refractivity contribution in [1.82, 2.24) is 13.8 Å². The van der Waals surface area contributed by atoms with Gasteiger partial charge in [0.2, 0.25) is 10.0 Å². The summed E-state index contributed by atoms with van der Waals surface area (Å²) in [6.45, 7) is 4.01. The molecule has 0 aliphatic carbocycles. The molecule has 1 amide bonds. The fourth-order valence-electron chi connectivity index (χ4n) is 4.23. The molecule has 0 unspecified atom stereocenters. The molecule has 2 aromatic carbocycles. The van der Waals surface area contributed by atoms with Crippen LogP contribution < -0.4 is 0 Å². The van der Waals surface area contributed by atoms with Crippen LogP contribution in [-0.2, 0) is 10.0 Å². The number of aryl methyl sites for hydroxylation is 1. The highest BCUT2D eigenvalue weighted by Crippen LogP contribution is 2.28. The lowest BCUT2D eigenvalue weighted by molar-refractivity contribution is -0.387. The standard InChI is InChI=1S/C23H23FN4O5S/c1-16-15-20(17(2)27(16)19-9-7-18(24)8-10-19)23(29)25-11-13-26(14-12-25)34(32,33)22-6-4-3-5-21(22)28(30)31/h3-10,15H,11-14H2,1-2H3. The number of nitro benzene ring substituents is 1. The fourth-order valence-corrected chi connectivity index (χ4v) is 5.81. The quantitative estimate of drug-likeness (QED) is 0.406. The van der Waals surface area contributed by atoms with Crippen molar-refractivity contribution in [3.63, 3.8) is 0 Å². The minimum absolute atomic E-state index is 0.0246. The number of nitrogens with zero attached hydrogens (tertiary/aromatic N) is 4. The van der Waals surface area contributed by atoms with E-state index in [4.69, 9.17) is 0 Å². The molecule has 0 saturated carbocycles. The Bertz CT molecular complexity index is 1360. The van der Waals surface area contributed by atoms with Gasteiger partial charge in [-0.05, 0) is 50.2 Å². The van der Waals surface area contributed by atoms with Crippen LogP contribution in [0.1, 0.15) is 21.7 Å². The van der Waals surface area contributed by atoms with Crippen LogP contribution in [0.5, 0.6) is 0 Å². The first-order valence-corrected chi connectivity index (χ1v) is 12.0. The molecule has 1 aromatic heterocycles. The smallest absolute Gasteiger partial charge is 0.289 e. The average Bonchev–Trinajstić information content (AvgIpc) is 3.13. The van der Waals surface area contributed by atoms with Crippen molar-refractivity contribution in [3.8, 4) is 5.69 Å². The van der Waals surface area contributed by atoms with Gasteiger partial charge in [0, 0.05) is 49.3 Å². The summed E-state index contributed by atoms with van der Waals surface area (Å²) in [7, 11) is -4.08. The molecule has 0 bridgehead atoms. The topological polar surface area (TPSA) is 106 Å². The minimum atomic E-state index is -4.08. The van der Waals surface area contributed by atoms with E-state index in [1.165, 1.54) is 34.6 Å². The molecule has 0 N–H and O–H groups in total. The number of hydrogen-bond donors (Lipinski definition) is 0. The number of sulfonamides is 1.